The van der Waals surface area contributed by atoms with Gasteiger partial charge < -0.3 is 10.6 Å². The Morgan fingerprint density at radius 2 is 2.24 bits per heavy atom. The normalized spacial score (nSPS) is 20.1. The number of fused-ring (bicyclic) bond motifs is 1. The maximum Gasteiger partial charge on any atom is 0.129 e. The Kier molecular flexibility index (Phi) is 2.31. The summed E-state index contributed by atoms with van der Waals surface area (Å²) in [7, 11) is 0. The van der Waals surface area contributed by atoms with Crippen LogP contribution in [-0.4, -0.2) is 29.2 Å². The topological polar surface area (TPSA) is 55.0 Å². The summed E-state index contributed by atoms with van der Waals surface area (Å²) in [5.41, 5.74) is 7.92. The second-order valence-corrected chi connectivity index (χ2v) is 4.27. The minimum atomic E-state index is -0.751. The molecule has 2 aromatic rings. The number of pyridine rings is 2. The van der Waals surface area contributed by atoms with Crippen molar-refractivity contribution in [3.63, 3.8) is 0 Å². The van der Waals surface area contributed by atoms with E-state index in [2.05, 4.69) is 9.97 Å². The van der Waals surface area contributed by atoms with Crippen LogP contribution in [0.15, 0.2) is 24.4 Å². The molecule has 1 fully saturated rings. The standard InChI is InChI=1S/C12H13FN4/c13-8-4-6-17(7-8)11-2-1-10-12(16-11)9(14)3-5-15-10/h1-3,5,8H,4,6-7H2,(H2,14,15). The molecule has 0 saturated carbocycles. The first-order valence-corrected chi connectivity index (χ1v) is 5.64. The molecule has 88 valence electrons. The summed E-state index contributed by atoms with van der Waals surface area (Å²) in [5.74, 6) is 0.775. The summed E-state index contributed by atoms with van der Waals surface area (Å²) in [6.45, 7) is 1.12. The van der Waals surface area contributed by atoms with E-state index in [4.69, 9.17) is 5.73 Å². The maximum absolute atomic E-state index is 13.1. The molecule has 2 aromatic heterocycles. The van der Waals surface area contributed by atoms with Gasteiger partial charge in [0, 0.05) is 12.7 Å². The number of hydrogen-bond acceptors (Lipinski definition) is 4. The van der Waals surface area contributed by atoms with Gasteiger partial charge in [0.2, 0.25) is 0 Å². The number of nitrogen functional groups attached to an aromatic ring is 1. The smallest absolute Gasteiger partial charge is 0.129 e. The first kappa shape index (κ1) is 10.3. The van der Waals surface area contributed by atoms with Gasteiger partial charge in [-0.05, 0) is 24.6 Å². The number of halogens is 1. The molecule has 3 rings (SSSR count). The quantitative estimate of drug-likeness (QED) is 0.814. The van der Waals surface area contributed by atoms with E-state index in [1.54, 1.807) is 12.3 Å². The van der Waals surface area contributed by atoms with Gasteiger partial charge in [0.05, 0.1) is 17.7 Å². The van der Waals surface area contributed by atoms with E-state index in [1.165, 1.54) is 0 Å². The Morgan fingerprint density at radius 3 is 3.00 bits per heavy atom. The van der Waals surface area contributed by atoms with Crippen LogP contribution in [0.3, 0.4) is 0 Å². The average Bonchev–Trinajstić information content (AvgIpc) is 2.76. The number of anilines is 2. The van der Waals surface area contributed by atoms with Crippen LogP contribution in [0.5, 0.6) is 0 Å². The molecule has 0 aliphatic carbocycles. The van der Waals surface area contributed by atoms with Crippen molar-refractivity contribution in [1.82, 2.24) is 9.97 Å². The van der Waals surface area contributed by atoms with E-state index in [-0.39, 0.29) is 0 Å². The molecule has 0 aromatic carbocycles. The van der Waals surface area contributed by atoms with Gasteiger partial charge in [-0.1, -0.05) is 0 Å². The molecule has 17 heavy (non-hydrogen) atoms. The number of nitrogens with zero attached hydrogens (tertiary/aromatic N) is 3. The summed E-state index contributed by atoms with van der Waals surface area (Å²) in [4.78, 5) is 10.6. The van der Waals surface area contributed by atoms with Gasteiger partial charge >= 0.3 is 0 Å². The Labute approximate surface area is 98.3 Å². The fourth-order valence-corrected chi connectivity index (χ4v) is 2.14. The zero-order valence-corrected chi connectivity index (χ0v) is 9.31. The van der Waals surface area contributed by atoms with Crippen LogP contribution < -0.4 is 10.6 Å². The van der Waals surface area contributed by atoms with E-state index in [9.17, 15) is 4.39 Å². The van der Waals surface area contributed by atoms with Crippen molar-refractivity contribution in [2.75, 3.05) is 23.7 Å². The highest BCUT2D eigenvalue weighted by atomic mass is 19.1. The van der Waals surface area contributed by atoms with Crippen LogP contribution in [0.25, 0.3) is 11.0 Å². The van der Waals surface area contributed by atoms with Crippen molar-refractivity contribution in [3.05, 3.63) is 24.4 Å². The van der Waals surface area contributed by atoms with E-state index in [0.29, 0.717) is 30.7 Å². The molecule has 1 atom stereocenters. The highest BCUT2D eigenvalue weighted by Crippen LogP contribution is 2.24. The molecule has 0 bridgehead atoms. The Hall–Kier alpha value is -1.91. The fourth-order valence-electron chi connectivity index (χ4n) is 2.14. The number of aromatic nitrogens is 2. The van der Waals surface area contributed by atoms with Gasteiger partial charge in [-0.3, -0.25) is 4.98 Å². The lowest BCUT2D eigenvalue weighted by molar-refractivity contribution is 0.364. The van der Waals surface area contributed by atoms with Gasteiger partial charge in [0.1, 0.15) is 17.5 Å². The molecule has 1 saturated heterocycles. The van der Waals surface area contributed by atoms with Gasteiger partial charge in [-0.15, -0.1) is 0 Å². The molecule has 1 aliphatic rings. The second-order valence-electron chi connectivity index (χ2n) is 4.27. The van der Waals surface area contributed by atoms with Crippen LogP contribution in [0.2, 0.25) is 0 Å². The maximum atomic E-state index is 13.1. The first-order chi connectivity index (χ1) is 8.24. The van der Waals surface area contributed by atoms with Gasteiger partial charge in [0.15, 0.2) is 0 Å². The summed E-state index contributed by atoms with van der Waals surface area (Å²) in [6, 6.07) is 5.47. The second kappa shape index (κ2) is 3.84. The van der Waals surface area contributed by atoms with Gasteiger partial charge in [-0.25, -0.2) is 9.37 Å². The first-order valence-electron chi connectivity index (χ1n) is 5.64. The van der Waals surface area contributed by atoms with Crippen LogP contribution >= 0.6 is 0 Å². The van der Waals surface area contributed by atoms with Crippen molar-refractivity contribution < 1.29 is 4.39 Å². The largest absolute Gasteiger partial charge is 0.397 e. The third-order valence-corrected chi connectivity index (χ3v) is 3.06. The van der Waals surface area contributed by atoms with E-state index >= 15 is 0 Å². The monoisotopic (exact) mass is 232 g/mol. The Morgan fingerprint density at radius 1 is 1.35 bits per heavy atom. The molecule has 2 N–H and O–H groups in total. The Bertz CT molecular complexity index is 557. The lowest BCUT2D eigenvalue weighted by atomic mass is 10.3. The lowest BCUT2D eigenvalue weighted by Crippen LogP contribution is -2.21. The van der Waals surface area contributed by atoms with Crippen LogP contribution in [0.4, 0.5) is 15.9 Å². The highest BCUT2D eigenvalue weighted by Gasteiger charge is 2.22. The summed E-state index contributed by atoms with van der Waals surface area (Å²) in [5, 5.41) is 0. The molecule has 1 aliphatic heterocycles. The third kappa shape index (κ3) is 1.77. The van der Waals surface area contributed by atoms with E-state index < -0.39 is 6.17 Å². The zero-order chi connectivity index (χ0) is 11.8. The van der Waals surface area contributed by atoms with E-state index in [0.717, 1.165) is 11.3 Å². The number of alkyl halides is 1. The molecule has 0 radical (unpaired) electrons. The molecule has 4 nitrogen and oxygen atoms in total. The molecule has 0 amide bonds. The predicted octanol–water partition coefficient (Wildman–Crippen LogP) is 1.76. The molecule has 3 heterocycles. The predicted molar refractivity (Wildman–Crippen MR) is 65.7 cm³/mol. The molecular formula is C12H13FN4. The van der Waals surface area contributed by atoms with Gasteiger partial charge in [-0.2, -0.15) is 0 Å². The zero-order valence-electron chi connectivity index (χ0n) is 9.31. The summed E-state index contributed by atoms with van der Waals surface area (Å²) >= 11 is 0. The molecule has 1 unspecified atom stereocenters. The highest BCUT2D eigenvalue weighted by molar-refractivity contribution is 5.87. The fraction of sp³-hybridized carbons (Fsp3) is 0.333. The van der Waals surface area contributed by atoms with Gasteiger partial charge in [0.25, 0.3) is 0 Å². The number of hydrogen-bond donors (Lipinski definition) is 1. The van der Waals surface area contributed by atoms with Crippen molar-refractivity contribution >= 4 is 22.5 Å². The van der Waals surface area contributed by atoms with Crippen LogP contribution in [0, 0.1) is 0 Å². The molecule has 5 heteroatoms. The molecule has 0 spiro atoms. The summed E-state index contributed by atoms with van der Waals surface area (Å²) < 4.78 is 13.1. The van der Waals surface area contributed by atoms with Crippen LogP contribution in [0.1, 0.15) is 6.42 Å². The molecular weight excluding hydrogens is 219 g/mol. The third-order valence-electron chi connectivity index (χ3n) is 3.06. The van der Waals surface area contributed by atoms with Crippen LogP contribution in [-0.2, 0) is 0 Å². The Balaban J connectivity index is 2.04. The number of rotatable bonds is 1. The van der Waals surface area contributed by atoms with Crippen molar-refractivity contribution in [3.8, 4) is 0 Å². The lowest BCUT2D eigenvalue weighted by Gasteiger charge is -2.16. The SMILES string of the molecule is Nc1ccnc2ccc(N3CCC(F)C3)nc12. The van der Waals surface area contributed by atoms with Crippen molar-refractivity contribution in [1.29, 1.82) is 0 Å². The average molecular weight is 232 g/mol. The number of nitrogens with two attached hydrogens (primary N) is 1. The minimum Gasteiger partial charge on any atom is -0.397 e. The minimum absolute atomic E-state index is 0.415. The van der Waals surface area contributed by atoms with Crippen molar-refractivity contribution in [2.24, 2.45) is 0 Å². The summed E-state index contributed by atoms with van der Waals surface area (Å²) in [6.07, 6.45) is 1.48. The van der Waals surface area contributed by atoms with E-state index in [1.807, 2.05) is 17.0 Å². The van der Waals surface area contributed by atoms with Crippen molar-refractivity contribution in [2.45, 2.75) is 12.6 Å².